The fourth-order valence-electron chi connectivity index (χ4n) is 2.42. The van der Waals surface area contributed by atoms with Gasteiger partial charge in [0.15, 0.2) is 0 Å². The number of hydrogen-bond acceptors (Lipinski definition) is 3. The van der Waals surface area contributed by atoms with Crippen LogP contribution in [0, 0.1) is 0 Å². The first kappa shape index (κ1) is 12.6. The summed E-state index contributed by atoms with van der Waals surface area (Å²) in [5, 5.41) is 3.16. The Hall–Kier alpha value is -0.870. The average molecular weight is 238 g/mol. The Morgan fingerprint density at radius 1 is 1.47 bits per heavy atom. The Kier molecular flexibility index (Phi) is 4.18. The number of carbonyl (C=O) groups excluding carboxylic acids is 1. The van der Waals surface area contributed by atoms with Crippen LogP contribution in [0.15, 0.2) is 11.6 Å². The Bertz CT molecular complexity index is 305. The van der Waals surface area contributed by atoms with E-state index in [0.29, 0.717) is 6.10 Å². The lowest BCUT2D eigenvalue weighted by Gasteiger charge is -2.33. The van der Waals surface area contributed by atoms with E-state index in [4.69, 9.17) is 4.74 Å². The van der Waals surface area contributed by atoms with E-state index in [1.807, 2.05) is 11.0 Å². The van der Waals surface area contributed by atoms with Crippen molar-refractivity contribution in [2.24, 2.45) is 0 Å². The molecule has 0 saturated carbocycles. The molecule has 2 rings (SSSR count). The minimum absolute atomic E-state index is 0.206. The van der Waals surface area contributed by atoms with E-state index in [0.717, 1.165) is 44.6 Å². The van der Waals surface area contributed by atoms with Crippen LogP contribution in [0.5, 0.6) is 0 Å². The van der Waals surface area contributed by atoms with Gasteiger partial charge in [0.25, 0.3) is 5.91 Å². The van der Waals surface area contributed by atoms with Crippen molar-refractivity contribution in [3.8, 4) is 0 Å². The van der Waals surface area contributed by atoms with Crippen LogP contribution in [0.2, 0.25) is 0 Å². The fourth-order valence-corrected chi connectivity index (χ4v) is 2.42. The molecule has 1 saturated heterocycles. The number of amides is 1. The SMILES string of the molecule is CC(C)OC1CCN(C(=O)C2=CCNC2)CC1. The molecule has 4 nitrogen and oxygen atoms in total. The van der Waals surface area contributed by atoms with Crippen molar-refractivity contribution in [3.63, 3.8) is 0 Å². The van der Waals surface area contributed by atoms with Crippen LogP contribution in [0.4, 0.5) is 0 Å². The van der Waals surface area contributed by atoms with E-state index in [9.17, 15) is 4.79 Å². The van der Waals surface area contributed by atoms with E-state index in [1.165, 1.54) is 0 Å². The lowest BCUT2D eigenvalue weighted by atomic mass is 10.1. The van der Waals surface area contributed by atoms with Gasteiger partial charge in [0.1, 0.15) is 0 Å². The molecule has 0 aliphatic carbocycles. The standard InChI is InChI=1S/C13H22N2O2/c1-10(2)17-12-4-7-15(8-5-12)13(16)11-3-6-14-9-11/h3,10,12,14H,4-9H2,1-2H3. The van der Waals surface area contributed by atoms with Crippen molar-refractivity contribution in [1.82, 2.24) is 10.2 Å². The molecule has 0 unspecified atom stereocenters. The molecule has 2 heterocycles. The summed E-state index contributed by atoms with van der Waals surface area (Å²) in [6.45, 7) is 7.33. The van der Waals surface area contributed by atoms with Crippen LogP contribution in [-0.4, -0.2) is 49.2 Å². The van der Waals surface area contributed by atoms with Gasteiger partial charge in [0.05, 0.1) is 12.2 Å². The molecule has 1 amide bonds. The van der Waals surface area contributed by atoms with Gasteiger partial charge in [-0.2, -0.15) is 0 Å². The van der Waals surface area contributed by atoms with Gasteiger partial charge in [-0.05, 0) is 26.7 Å². The zero-order valence-electron chi connectivity index (χ0n) is 10.7. The second kappa shape index (κ2) is 5.65. The number of rotatable bonds is 3. The third-order valence-corrected chi connectivity index (χ3v) is 3.28. The molecule has 0 atom stereocenters. The van der Waals surface area contributed by atoms with Gasteiger partial charge in [0.2, 0.25) is 0 Å². The first-order chi connectivity index (χ1) is 8.16. The number of carbonyl (C=O) groups is 1. The second-order valence-electron chi connectivity index (χ2n) is 5.04. The summed E-state index contributed by atoms with van der Waals surface area (Å²) < 4.78 is 5.78. The maximum atomic E-state index is 12.1. The first-order valence-electron chi connectivity index (χ1n) is 6.51. The summed E-state index contributed by atoms with van der Waals surface area (Å²) in [7, 11) is 0. The van der Waals surface area contributed by atoms with Gasteiger partial charge in [0, 0.05) is 31.8 Å². The topological polar surface area (TPSA) is 41.6 Å². The Labute approximate surface area is 103 Å². The molecule has 0 aromatic carbocycles. The second-order valence-corrected chi connectivity index (χ2v) is 5.04. The predicted octanol–water partition coefficient (Wildman–Crippen LogP) is 0.932. The summed E-state index contributed by atoms with van der Waals surface area (Å²) in [6, 6.07) is 0. The van der Waals surface area contributed by atoms with Crippen molar-refractivity contribution in [1.29, 1.82) is 0 Å². The fraction of sp³-hybridized carbons (Fsp3) is 0.769. The number of hydrogen-bond donors (Lipinski definition) is 1. The molecule has 0 aromatic rings. The number of nitrogens with zero attached hydrogens (tertiary/aromatic N) is 1. The van der Waals surface area contributed by atoms with E-state index in [-0.39, 0.29) is 12.0 Å². The first-order valence-corrected chi connectivity index (χ1v) is 6.51. The monoisotopic (exact) mass is 238 g/mol. The highest BCUT2D eigenvalue weighted by atomic mass is 16.5. The maximum absolute atomic E-state index is 12.1. The molecule has 2 aliphatic heterocycles. The number of nitrogens with one attached hydrogen (secondary N) is 1. The van der Waals surface area contributed by atoms with Crippen molar-refractivity contribution < 1.29 is 9.53 Å². The molecule has 1 N–H and O–H groups in total. The largest absolute Gasteiger partial charge is 0.375 e. The zero-order chi connectivity index (χ0) is 12.3. The lowest BCUT2D eigenvalue weighted by Crippen LogP contribution is -2.42. The van der Waals surface area contributed by atoms with E-state index in [1.54, 1.807) is 0 Å². The molecule has 17 heavy (non-hydrogen) atoms. The minimum Gasteiger partial charge on any atom is -0.375 e. The highest BCUT2D eigenvalue weighted by molar-refractivity contribution is 5.94. The quantitative estimate of drug-likeness (QED) is 0.795. The zero-order valence-corrected chi connectivity index (χ0v) is 10.7. The Morgan fingerprint density at radius 2 is 2.18 bits per heavy atom. The van der Waals surface area contributed by atoms with Crippen LogP contribution in [-0.2, 0) is 9.53 Å². The summed E-state index contributed by atoms with van der Waals surface area (Å²) in [5.74, 6) is 0.206. The Morgan fingerprint density at radius 3 is 2.71 bits per heavy atom. The van der Waals surface area contributed by atoms with Gasteiger partial charge in [-0.25, -0.2) is 0 Å². The molecule has 1 fully saturated rings. The molecule has 0 bridgehead atoms. The van der Waals surface area contributed by atoms with Crippen LogP contribution in [0.1, 0.15) is 26.7 Å². The summed E-state index contributed by atoms with van der Waals surface area (Å²) in [6.07, 6.45) is 4.53. The summed E-state index contributed by atoms with van der Waals surface area (Å²) in [5.41, 5.74) is 0.924. The van der Waals surface area contributed by atoms with Crippen LogP contribution in [0.3, 0.4) is 0 Å². The van der Waals surface area contributed by atoms with Gasteiger partial charge >= 0.3 is 0 Å². The molecule has 96 valence electrons. The average Bonchev–Trinajstić information content (AvgIpc) is 2.82. The van der Waals surface area contributed by atoms with E-state index in [2.05, 4.69) is 19.2 Å². The van der Waals surface area contributed by atoms with Crippen molar-refractivity contribution in [2.45, 2.75) is 38.9 Å². The number of ether oxygens (including phenoxy) is 1. The molecule has 0 radical (unpaired) electrons. The maximum Gasteiger partial charge on any atom is 0.250 e. The Balaban J connectivity index is 1.80. The molecular weight excluding hydrogens is 216 g/mol. The third kappa shape index (κ3) is 3.30. The molecule has 2 aliphatic rings. The molecule has 0 aromatic heterocycles. The highest BCUT2D eigenvalue weighted by Crippen LogP contribution is 2.17. The molecule has 0 spiro atoms. The van der Waals surface area contributed by atoms with Crippen LogP contribution >= 0.6 is 0 Å². The lowest BCUT2D eigenvalue weighted by molar-refractivity contribution is -0.130. The van der Waals surface area contributed by atoms with Crippen molar-refractivity contribution >= 4 is 5.91 Å². The third-order valence-electron chi connectivity index (χ3n) is 3.28. The van der Waals surface area contributed by atoms with Crippen LogP contribution < -0.4 is 5.32 Å². The summed E-state index contributed by atoms with van der Waals surface area (Å²) >= 11 is 0. The van der Waals surface area contributed by atoms with Crippen molar-refractivity contribution in [3.05, 3.63) is 11.6 Å². The van der Waals surface area contributed by atoms with Gasteiger partial charge in [-0.1, -0.05) is 6.08 Å². The van der Waals surface area contributed by atoms with Crippen molar-refractivity contribution in [2.75, 3.05) is 26.2 Å². The predicted molar refractivity (Wildman–Crippen MR) is 66.8 cm³/mol. The smallest absolute Gasteiger partial charge is 0.250 e. The van der Waals surface area contributed by atoms with Gasteiger partial charge in [-0.3, -0.25) is 4.79 Å². The van der Waals surface area contributed by atoms with Gasteiger partial charge < -0.3 is 15.0 Å². The van der Waals surface area contributed by atoms with E-state index >= 15 is 0 Å². The number of piperidine rings is 1. The minimum atomic E-state index is 0.206. The normalized spacial score (nSPS) is 22.1. The molecular formula is C13H22N2O2. The molecule has 4 heteroatoms. The number of likely N-dealkylation sites (tertiary alicyclic amines) is 1. The van der Waals surface area contributed by atoms with Crippen LogP contribution in [0.25, 0.3) is 0 Å². The van der Waals surface area contributed by atoms with E-state index < -0.39 is 0 Å². The highest BCUT2D eigenvalue weighted by Gasteiger charge is 2.26. The van der Waals surface area contributed by atoms with Gasteiger partial charge in [-0.15, -0.1) is 0 Å². The summed E-state index contributed by atoms with van der Waals surface area (Å²) in [4.78, 5) is 14.1.